The van der Waals surface area contributed by atoms with E-state index in [2.05, 4.69) is 5.32 Å². The quantitative estimate of drug-likeness (QED) is 0.820. The maximum Gasteiger partial charge on any atom is 0.240 e. The minimum absolute atomic E-state index is 0.0542. The summed E-state index contributed by atoms with van der Waals surface area (Å²) >= 11 is 0. The first kappa shape index (κ1) is 17.2. The van der Waals surface area contributed by atoms with Crippen molar-refractivity contribution < 1.29 is 9.90 Å². The Morgan fingerprint density at radius 3 is 2.61 bits per heavy atom. The third-order valence-electron chi connectivity index (χ3n) is 4.30. The molecule has 0 fully saturated rings. The van der Waals surface area contributed by atoms with E-state index in [-0.39, 0.29) is 30.3 Å². The van der Waals surface area contributed by atoms with Crippen molar-refractivity contribution in [3.05, 3.63) is 46.8 Å². The predicted octanol–water partition coefficient (Wildman–Crippen LogP) is 1.91. The Morgan fingerprint density at radius 1 is 1.22 bits per heavy atom. The second-order valence-corrected chi connectivity index (χ2v) is 5.77. The second kappa shape index (κ2) is 7.92. The van der Waals surface area contributed by atoms with Crippen molar-refractivity contribution in [2.45, 2.75) is 39.3 Å². The van der Waals surface area contributed by atoms with E-state index in [0.29, 0.717) is 5.39 Å². The average Bonchev–Trinajstić information content (AvgIpc) is 2.57. The Labute approximate surface area is 135 Å². The highest BCUT2D eigenvalue weighted by Crippen LogP contribution is 2.12. The molecule has 1 heterocycles. The number of hydrogen-bond acceptors (Lipinski definition) is 3. The number of aliphatic hydroxyl groups is 1. The van der Waals surface area contributed by atoms with Crippen LogP contribution >= 0.6 is 0 Å². The van der Waals surface area contributed by atoms with Crippen LogP contribution in [-0.2, 0) is 11.3 Å². The molecule has 0 radical (unpaired) electrons. The Morgan fingerprint density at radius 2 is 1.91 bits per heavy atom. The summed E-state index contributed by atoms with van der Waals surface area (Å²) in [5.74, 6) is 0.0207. The molecule has 0 aliphatic rings. The normalized spacial score (nSPS) is 12.5. The number of hydrogen-bond donors (Lipinski definition) is 2. The van der Waals surface area contributed by atoms with E-state index in [1.807, 2.05) is 26.0 Å². The Hall–Kier alpha value is -2.14. The van der Waals surface area contributed by atoms with Gasteiger partial charge in [-0.05, 0) is 18.1 Å². The number of benzene rings is 1. The van der Waals surface area contributed by atoms with Gasteiger partial charge in [0.15, 0.2) is 5.43 Å². The lowest BCUT2D eigenvalue weighted by Gasteiger charge is -2.20. The Kier molecular flexibility index (Phi) is 5.93. The molecule has 1 unspecified atom stereocenters. The number of carbonyl (C=O) groups is 1. The van der Waals surface area contributed by atoms with Gasteiger partial charge in [0.1, 0.15) is 6.54 Å². The number of rotatable bonds is 7. The van der Waals surface area contributed by atoms with Crippen LogP contribution in [0.2, 0.25) is 0 Å². The number of carbonyl (C=O) groups excluding carboxylic acids is 1. The van der Waals surface area contributed by atoms with E-state index in [1.165, 1.54) is 6.07 Å². The number of para-hydroxylation sites is 1. The summed E-state index contributed by atoms with van der Waals surface area (Å²) in [5.41, 5.74) is 0.678. The largest absolute Gasteiger partial charge is 0.391 e. The lowest BCUT2D eigenvalue weighted by molar-refractivity contribution is -0.122. The smallest absolute Gasteiger partial charge is 0.240 e. The molecule has 0 spiro atoms. The van der Waals surface area contributed by atoms with Crippen LogP contribution in [0.25, 0.3) is 10.9 Å². The van der Waals surface area contributed by atoms with Crippen LogP contribution in [0.15, 0.2) is 41.3 Å². The van der Waals surface area contributed by atoms with Crippen molar-refractivity contribution in [1.82, 2.24) is 9.88 Å². The number of aromatic nitrogens is 1. The van der Waals surface area contributed by atoms with Gasteiger partial charge in [0.25, 0.3) is 0 Å². The number of aliphatic hydroxyl groups excluding tert-OH is 1. The summed E-state index contributed by atoms with van der Waals surface area (Å²) in [5, 5.41) is 13.4. The molecule has 2 aromatic rings. The van der Waals surface area contributed by atoms with Crippen LogP contribution in [0.5, 0.6) is 0 Å². The van der Waals surface area contributed by atoms with Gasteiger partial charge in [-0.15, -0.1) is 0 Å². The summed E-state index contributed by atoms with van der Waals surface area (Å²) in [4.78, 5) is 23.9. The SMILES string of the molecule is CCC(CC)C(O)CNC(=O)Cn1ccc(=O)c2ccccc21. The first-order valence-electron chi connectivity index (χ1n) is 8.09. The number of amides is 1. The van der Waals surface area contributed by atoms with Crippen molar-refractivity contribution in [2.24, 2.45) is 5.92 Å². The van der Waals surface area contributed by atoms with E-state index in [1.54, 1.807) is 22.9 Å². The number of nitrogens with zero attached hydrogens (tertiary/aromatic N) is 1. The third-order valence-corrected chi connectivity index (χ3v) is 4.30. The summed E-state index contributed by atoms with van der Waals surface area (Å²) in [7, 11) is 0. The van der Waals surface area contributed by atoms with Crippen LogP contribution in [0.1, 0.15) is 26.7 Å². The first-order chi connectivity index (χ1) is 11.1. The summed E-state index contributed by atoms with van der Waals surface area (Å²) in [6, 6.07) is 8.69. The highest BCUT2D eigenvalue weighted by Gasteiger charge is 2.16. The molecular formula is C18H24N2O3. The number of nitrogens with one attached hydrogen (secondary N) is 1. The lowest BCUT2D eigenvalue weighted by atomic mass is 9.96. The standard InChI is InChI=1S/C18H24N2O3/c1-3-13(4-2)17(22)11-19-18(23)12-20-10-9-16(21)14-7-5-6-8-15(14)20/h5-10,13,17,22H,3-4,11-12H2,1-2H3,(H,19,23). The minimum atomic E-state index is -0.528. The van der Waals surface area contributed by atoms with Crippen molar-refractivity contribution in [1.29, 1.82) is 0 Å². The molecule has 0 saturated carbocycles. The lowest BCUT2D eigenvalue weighted by Crippen LogP contribution is -2.37. The molecule has 5 nitrogen and oxygen atoms in total. The van der Waals surface area contributed by atoms with Gasteiger partial charge in [0.2, 0.25) is 5.91 Å². The fraction of sp³-hybridized carbons (Fsp3) is 0.444. The molecule has 1 atom stereocenters. The third kappa shape index (κ3) is 4.20. The van der Waals surface area contributed by atoms with Gasteiger partial charge in [-0.25, -0.2) is 0 Å². The zero-order valence-electron chi connectivity index (χ0n) is 13.7. The summed E-state index contributed by atoms with van der Waals surface area (Å²) in [6.45, 7) is 4.44. The van der Waals surface area contributed by atoms with Gasteiger partial charge in [-0.3, -0.25) is 9.59 Å². The van der Waals surface area contributed by atoms with Crippen molar-refractivity contribution in [2.75, 3.05) is 6.54 Å². The van der Waals surface area contributed by atoms with Crippen molar-refractivity contribution in [3.8, 4) is 0 Å². The molecule has 5 heteroatoms. The summed E-state index contributed by atoms with van der Waals surface area (Å²) in [6.07, 6.45) is 2.87. The molecule has 0 aliphatic heterocycles. The van der Waals surface area contributed by atoms with E-state index >= 15 is 0 Å². The second-order valence-electron chi connectivity index (χ2n) is 5.77. The topological polar surface area (TPSA) is 71.3 Å². The molecule has 1 aromatic heterocycles. The zero-order valence-corrected chi connectivity index (χ0v) is 13.7. The monoisotopic (exact) mass is 316 g/mol. The molecule has 1 amide bonds. The molecule has 0 aliphatic carbocycles. The Balaban J connectivity index is 2.04. The molecule has 2 rings (SSSR count). The molecular weight excluding hydrogens is 292 g/mol. The maximum atomic E-state index is 12.1. The van der Waals surface area contributed by atoms with Gasteiger partial charge in [-0.1, -0.05) is 38.8 Å². The maximum absolute atomic E-state index is 12.1. The zero-order chi connectivity index (χ0) is 16.8. The molecule has 1 aromatic carbocycles. The fourth-order valence-corrected chi connectivity index (χ4v) is 2.83. The fourth-order valence-electron chi connectivity index (χ4n) is 2.83. The highest BCUT2D eigenvalue weighted by atomic mass is 16.3. The van der Waals surface area contributed by atoms with Gasteiger partial charge in [0.05, 0.1) is 11.6 Å². The van der Waals surface area contributed by atoms with Crippen LogP contribution in [0, 0.1) is 5.92 Å². The molecule has 124 valence electrons. The van der Waals surface area contributed by atoms with E-state index < -0.39 is 6.10 Å². The number of pyridine rings is 1. The molecule has 0 saturated heterocycles. The molecule has 2 N–H and O–H groups in total. The van der Waals surface area contributed by atoms with E-state index in [0.717, 1.165) is 18.4 Å². The predicted molar refractivity (Wildman–Crippen MR) is 91.3 cm³/mol. The van der Waals surface area contributed by atoms with E-state index in [4.69, 9.17) is 0 Å². The molecule has 23 heavy (non-hydrogen) atoms. The van der Waals surface area contributed by atoms with Crippen LogP contribution in [0.3, 0.4) is 0 Å². The summed E-state index contributed by atoms with van der Waals surface area (Å²) < 4.78 is 1.75. The van der Waals surface area contributed by atoms with Gasteiger partial charge < -0.3 is 15.0 Å². The molecule has 0 bridgehead atoms. The van der Waals surface area contributed by atoms with E-state index in [9.17, 15) is 14.7 Å². The van der Waals surface area contributed by atoms with Gasteiger partial charge >= 0.3 is 0 Å². The van der Waals surface area contributed by atoms with Crippen LogP contribution in [0.4, 0.5) is 0 Å². The van der Waals surface area contributed by atoms with Crippen LogP contribution < -0.4 is 10.7 Å². The minimum Gasteiger partial charge on any atom is -0.391 e. The van der Waals surface area contributed by atoms with Crippen molar-refractivity contribution in [3.63, 3.8) is 0 Å². The average molecular weight is 316 g/mol. The van der Waals surface area contributed by atoms with Crippen LogP contribution in [-0.4, -0.2) is 28.2 Å². The highest BCUT2D eigenvalue weighted by molar-refractivity contribution is 5.82. The number of fused-ring (bicyclic) bond motifs is 1. The van der Waals surface area contributed by atoms with Crippen molar-refractivity contribution >= 4 is 16.8 Å². The van der Waals surface area contributed by atoms with Gasteiger partial charge in [-0.2, -0.15) is 0 Å². The Bertz CT molecular complexity index is 720. The van der Waals surface area contributed by atoms with Gasteiger partial charge in [0, 0.05) is 24.2 Å². The first-order valence-corrected chi connectivity index (χ1v) is 8.09.